The van der Waals surface area contributed by atoms with Gasteiger partial charge in [0.05, 0.1) is 23.3 Å². The Bertz CT molecular complexity index is 1710. The lowest BCUT2D eigenvalue weighted by Crippen LogP contribution is -2.55. The number of benzene rings is 2. The van der Waals surface area contributed by atoms with E-state index in [4.69, 9.17) is 11.6 Å². The zero-order valence-electron chi connectivity index (χ0n) is 21.9. The molecular weight excluding hydrogens is 554 g/mol. The maximum absolute atomic E-state index is 13.7. The van der Waals surface area contributed by atoms with E-state index in [2.05, 4.69) is 15.3 Å². The van der Waals surface area contributed by atoms with Gasteiger partial charge in [-0.1, -0.05) is 17.7 Å². The number of aromatic nitrogens is 3. The molecule has 13 heteroatoms. The lowest BCUT2D eigenvalue weighted by Gasteiger charge is -2.32. The highest BCUT2D eigenvalue weighted by Gasteiger charge is 2.55. The monoisotopic (exact) mass is 581 g/mol. The number of fused-ring (bicyclic) bond motifs is 2. The van der Waals surface area contributed by atoms with E-state index < -0.39 is 28.2 Å². The summed E-state index contributed by atoms with van der Waals surface area (Å²) in [5.74, 6) is -0.140. The third kappa shape index (κ3) is 4.46. The fraction of sp³-hybridized carbons (Fsp3) is 0.296. The largest absolute Gasteiger partial charge is 0.360 e. The Morgan fingerprint density at radius 3 is 2.67 bits per heavy atom. The summed E-state index contributed by atoms with van der Waals surface area (Å²) in [5.41, 5.74) is 2.14. The van der Waals surface area contributed by atoms with Crippen molar-refractivity contribution < 1.29 is 18.0 Å². The molecule has 2 aromatic carbocycles. The van der Waals surface area contributed by atoms with Crippen molar-refractivity contribution in [2.24, 2.45) is 0 Å². The molecule has 0 bridgehead atoms. The predicted molar refractivity (Wildman–Crippen MR) is 152 cm³/mol. The van der Waals surface area contributed by atoms with Crippen LogP contribution in [-0.2, 0) is 21.5 Å². The average molecular weight is 582 g/mol. The van der Waals surface area contributed by atoms with Crippen LogP contribution in [0.25, 0.3) is 16.6 Å². The van der Waals surface area contributed by atoms with Crippen molar-refractivity contribution in [3.63, 3.8) is 0 Å². The van der Waals surface area contributed by atoms with Gasteiger partial charge >= 0.3 is 10.2 Å². The molecule has 0 spiro atoms. The fourth-order valence-electron chi connectivity index (χ4n) is 5.47. The van der Waals surface area contributed by atoms with Crippen molar-refractivity contribution >= 4 is 50.2 Å². The summed E-state index contributed by atoms with van der Waals surface area (Å²) in [6.45, 7) is 0.833. The van der Waals surface area contributed by atoms with Crippen LogP contribution in [0.2, 0.25) is 5.02 Å². The van der Waals surface area contributed by atoms with Crippen LogP contribution in [0.1, 0.15) is 29.0 Å². The highest BCUT2D eigenvalue weighted by molar-refractivity contribution is 7.91. The molecular formula is C27H28ClN7O4S. The maximum atomic E-state index is 13.7. The summed E-state index contributed by atoms with van der Waals surface area (Å²) in [6.07, 6.45) is 6.18. The van der Waals surface area contributed by atoms with Gasteiger partial charge in [-0.05, 0) is 63.3 Å². The van der Waals surface area contributed by atoms with E-state index >= 15 is 0 Å². The van der Waals surface area contributed by atoms with E-state index in [9.17, 15) is 18.0 Å². The average Bonchev–Trinajstić information content (AvgIpc) is 3.59. The summed E-state index contributed by atoms with van der Waals surface area (Å²) >= 11 is 6.15. The number of carbonyl (C=O) groups excluding carboxylic acids is 2. The van der Waals surface area contributed by atoms with Crippen molar-refractivity contribution in [3.05, 3.63) is 77.5 Å². The molecule has 0 unspecified atom stereocenters. The van der Waals surface area contributed by atoms with Gasteiger partial charge in [0.25, 0.3) is 11.8 Å². The molecule has 4 aromatic rings. The van der Waals surface area contributed by atoms with Gasteiger partial charge in [0, 0.05) is 47.3 Å². The predicted octanol–water partition coefficient (Wildman–Crippen LogP) is 2.92. The number of imidazole rings is 1. The Kier molecular flexibility index (Phi) is 6.65. The van der Waals surface area contributed by atoms with Gasteiger partial charge in [-0.15, -0.1) is 0 Å². The van der Waals surface area contributed by atoms with E-state index in [1.54, 1.807) is 54.9 Å². The molecule has 4 heterocycles. The molecule has 2 amide bonds. The minimum absolute atomic E-state index is 0.204. The minimum Gasteiger partial charge on any atom is -0.360 e. The number of halogens is 1. The molecule has 11 nitrogen and oxygen atoms in total. The second kappa shape index (κ2) is 10.0. The highest BCUT2D eigenvalue weighted by Crippen LogP contribution is 2.35. The fourth-order valence-corrected chi connectivity index (χ4v) is 7.51. The molecule has 2 atom stereocenters. The van der Waals surface area contributed by atoms with Crippen LogP contribution in [0.15, 0.2) is 61.1 Å². The molecule has 0 radical (unpaired) electrons. The van der Waals surface area contributed by atoms with E-state index in [-0.39, 0.29) is 18.1 Å². The molecule has 2 aliphatic heterocycles. The van der Waals surface area contributed by atoms with Crippen LogP contribution in [-0.4, -0.2) is 76.7 Å². The Morgan fingerprint density at radius 2 is 1.93 bits per heavy atom. The van der Waals surface area contributed by atoms with Crippen LogP contribution in [0.3, 0.4) is 0 Å². The van der Waals surface area contributed by atoms with Gasteiger partial charge in [0.1, 0.15) is 11.9 Å². The van der Waals surface area contributed by atoms with Crippen molar-refractivity contribution in [2.75, 3.05) is 24.9 Å². The Hall–Kier alpha value is -3.71. The van der Waals surface area contributed by atoms with E-state index in [0.717, 1.165) is 21.2 Å². The number of nitrogens with zero attached hydrogens (tertiary/aromatic N) is 5. The van der Waals surface area contributed by atoms with Crippen LogP contribution in [0, 0.1) is 0 Å². The number of piperidine rings is 1. The SMILES string of the molecule is CN(C)Cc1nccn1-c1ccc(N2C(=O)[C@@H]3[C@H](NC(=O)c4ccc5c(Cl)c[nH]c5c4)CCCN3S2(=O)=O)cc1. The molecule has 2 aliphatic rings. The molecule has 2 aromatic heterocycles. The first-order valence-corrected chi connectivity index (χ1v) is 14.6. The number of hydrogen-bond donors (Lipinski definition) is 2. The van der Waals surface area contributed by atoms with Gasteiger partial charge in [0.2, 0.25) is 0 Å². The number of amides is 2. The quantitative estimate of drug-likeness (QED) is 0.361. The molecule has 0 aliphatic carbocycles. The number of H-pyrrole nitrogens is 1. The van der Waals surface area contributed by atoms with Crippen molar-refractivity contribution in [3.8, 4) is 5.69 Å². The zero-order chi connectivity index (χ0) is 28.2. The standard InChI is InChI=1S/C27H28ClN7O4S/c1-32(2)16-24-29-11-13-33(24)18-6-8-19(9-7-18)35-27(37)25-22(4-3-12-34(25)40(35,38)39)31-26(36)17-5-10-20-21(28)15-30-23(20)14-17/h5-11,13-15,22,25,30H,3-4,12,16H2,1-2H3,(H,31,36)/t22-,25+/m1/s1. The first-order valence-electron chi connectivity index (χ1n) is 12.9. The first kappa shape index (κ1) is 26.5. The summed E-state index contributed by atoms with van der Waals surface area (Å²) in [6, 6.07) is 10.2. The number of anilines is 1. The second-order valence-electron chi connectivity index (χ2n) is 10.3. The first-order chi connectivity index (χ1) is 19.1. The Balaban J connectivity index is 1.25. The Morgan fingerprint density at radius 1 is 1.18 bits per heavy atom. The van der Waals surface area contributed by atoms with Gasteiger partial charge in [-0.2, -0.15) is 17.0 Å². The van der Waals surface area contributed by atoms with Gasteiger partial charge in [-0.25, -0.2) is 4.98 Å². The molecule has 6 rings (SSSR count). The number of aromatic amines is 1. The summed E-state index contributed by atoms with van der Waals surface area (Å²) in [4.78, 5) is 36.2. The number of nitrogens with one attached hydrogen (secondary N) is 2. The maximum Gasteiger partial charge on any atom is 0.311 e. The summed E-state index contributed by atoms with van der Waals surface area (Å²) < 4.78 is 31.1. The van der Waals surface area contributed by atoms with E-state index in [1.165, 1.54) is 4.31 Å². The number of rotatable bonds is 6. The van der Waals surface area contributed by atoms with Crippen molar-refractivity contribution in [2.45, 2.75) is 31.5 Å². The summed E-state index contributed by atoms with van der Waals surface area (Å²) in [7, 11) is -0.217. The lowest BCUT2D eigenvalue weighted by molar-refractivity contribution is -0.121. The van der Waals surface area contributed by atoms with Crippen LogP contribution >= 0.6 is 11.6 Å². The van der Waals surface area contributed by atoms with E-state index in [1.807, 2.05) is 29.8 Å². The number of carbonyl (C=O) groups is 2. The van der Waals surface area contributed by atoms with Gasteiger partial charge < -0.3 is 19.8 Å². The number of hydrogen-bond acceptors (Lipinski definition) is 6. The van der Waals surface area contributed by atoms with Crippen LogP contribution < -0.4 is 9.62 Å². The van der Waals surface area contributed by atoms with Crippen LogP contribution in [0.5, 0.6) is 0 Å². The van der Waals surface area contributed by atoms with Crippen molar-refractivity contribution in [1.29, 1.82) is 0 Å². The smallest absolute Gasteiger partial charge is 0.311 e. The van der Waals surface area contributed by atoms with Crippen molar-refractivity contribution in [1.82, 2.24) is 29.1 Å². The van der Waals surface area contributed by atoms with Gasteiger partial charge in [0.15, 0.2) is 0 Å². The van der Waals surface area contributed by atoms with E-state index in [0.29, 0.717) is 35.5 Å². The molecule has 2 N–H and O–H groups in total. The molecule has 208 valence electrons. The van der Waals surface area contributed by atoms with Crippen LogP contribution in [0.4, 0.5) is 5.69 Å². The summed E-state index contributed by atoms with van der Waals surface area (Å²) in [5, 5.41) is 4.26. The molecule has 40 heavy (non-hydrogen) atoms. The zero-order valence-corrected chi connectivity index (χ0v) is 23.5. The molecule has 2 fully saturated rings. The topological polar surface area (TPSA) is 124 Å². The second-order valence-corrected chi connectivity index (χ2v) is 12.4. The highest BCUT2D eigenvalue weighted by atomic mass is 35.5. The van der Waals surface area contributed by atoms with Gasteiger partial charge in [-0.3, -0.25) is 9.59 Å². The third-order valence-electron chi connectivity index (χ3n) is 7.31. The lowest BCUT2D eigenvalue weighted by atomic mass is 9.97. The molecule has 2 saturated heterocycles. The third-order valence-corrected chi connectivity index (χ3v) is 9.48. The Labute approximate surface area is 236 Å². The normalized spacial score (nSPS) is 20.8. The minimum atomic E-state index is -4.12. The molecule has 0 saturated carbocycles.